The predicted molar refractivity (Wildman–Crippen MR) is 70.9 cm³/mol. The smallest absolute Gasteiger partial charge is 0.406 e. The number of alkyl halides is 3. The fraction of sp³-hybridized carbons (Fsp3) is 0.462. The number of nitrogens with two attached hydrogens (primary N) is 1. The van der Waals surface area contributed by atoms with E-state index in [-0.39, 0.29) is 17.8 Å². The van der Waals surface area contributed by atoms with Crippen LogP contribution in [0.25, 0.3) is 0 Å². The average Bonchev–Trinajstić information content (AvgIpc) is 2.87. The number of carbonyl (C=O) groups is 1. The minimum atomic E-state index is -4.73. The third-order valence-electron chi connectivity index (χ3n) is 3.25. The molecule has 0 saturated carbocycles. The minimum absolute atomic E-state index is 0.0119. The molecule has 0 bridgehead atoms. The van der Waals surface area contributed by atoms with Crippen molar-refractivity contribution in [3.63, 3.8) is 0 Å². The van der Waals surface area contributed by atoms with Gasteiger partial charge in [0, 0.05) is 24.8 Å². The Labute approximate surface area is 119 Å². The van der Waals surface area contributed by atoms with Gasteiger partial charge in [-0.2, -0.15) is 0 Å². The van der Waals surface area contributed by atoms with Crippen LogP contribution < -0.4 is 15.8 Å². The largest absolute Gasteiger partial charge is 0.573 e. The maximum absolute atomic E-state index is 12.0. The number of halogens is 3. The summed E-state index contributed by atoms with van der Waals surface area (Å²) in [5.74, 6) is -0.332. The molecule has 1 fully saturated rings. The third-order valence-corrected chi connectivity index (χ3v) is 3.25. The Morgan fingerprint density at radius 2 is 2.05 bits per heavy atom. The van der Waals surface area contributed by atoms with Gasteiger partial charge in [-0.05, 0) is 37.1 Å². The van der Waals surface area contributed by atoms with Crippen LogP contribution in [0.1, 0.15) is 12.8 Å². The zero-order valence-corrected chi connectivity index (χ0v) is 11.2. The number of hydrogen-bond donors (Lipinski definition) is 2. The van der Waals surface area contributed by atoms with Crippen molar-refractivity contribution in [3.05, 3.63) is 24.3 Å². The highest BCUT2D eigenvalue weighted by Crippen LogP contribution is 2.24. The number of amides is 2. The van der Waals surface area contributed by atoms with Crippen molar-refractivity contribution < 1.29 is 22.7 Å². The Morgan fingerprint density at radius 3 is 2.62 bits per heavy atom. The summed E-state index contributed by atoms with van der Waals surface area (Å²) >= 11 is 0. The Morgan fingerprint density at radius 1 is 1.38 bits per heavy atom. The van der Waals surface area contributed by atoms with E-state index in [1.165, 1.54) is 12.1 Å². The molecule has 2 rings (SSSR count). The molecule has 5 nitrogen and oxygen atoms in total. The first-order valence-electron chi connectivity index (χ1n) is 6.52. The molecule has 0 aliphatic carbocycles. The van der Waals surface area contributed by atoms with Crippen molar-refractivity contribution >= 4 is 11.7 Å². The van der Waals surface area contributed by atoms with Crippen LogP contribution in [0, 0.1) is 0 Å². The van der Waals surface area contributed by atoms with Crippen molar-refractivity contribution in [2.45, 2.75) is 25.2 Å². The van der Waals surface area contributed by atoms with E-state index < -0.39 is 6.36 Å². The van der Waals surface area contributed by atoms with Gasteiger partial charge in [0.15, 0.2) is 0 Å². The second kappa shape index (κ2) is 6.21. The molecule has 8 heteroatoms. The van der Waals surface area contributed by atoms with E-state index in [0.717, 1.165) is 25.0 Å². The SMILES string of the molecule is NCC1CCCN1C(=O)Nc1ccc(OC(F)(F)F)cc1. The van der Waals surface area contributed by atoms with Crippen molar-refractivity contribution in [2.75, 3.05) is 18.4 Å². The second-order valence-electron chi connectivity index (χ2n) is 4.73. The lowest BCUT2D eigenvalue weighted by atomic mass is 10.2. The Hall–Kier alpha value is -1.96. The minimum Gasteiger partial charge on any atom is -0.406 e. The number of nitrogens with zero attached hydrogens (tertiary/aromatic N) is 1. The summed E-state index contributed by atoms with van der Waals surface area (Å²) < 4.78 is 39.8. The van der Waals surface area contributed by atoms with Crippen LogP contribution >= 0.6 is 0 Å². The summed E-state index contributed by atoms with van der Waals surface area (Å²) in [6.45, 7) is 1.02. The van der Waals surface area contributed by atoms with E-state index >= 15 is 0 Å². The summed E-state index contributed by atoms with van der Waals surface area (Å²) in [6, 6.07) is 4.71. The van der Waals surface area contributed by atoms with Gasteiger partial charge in [0.1, 0.15) is 5.75 Å². The monoisotopic (exact) mass is 303 g/mol. The first kappa shape index (κ1) is 15.4. The van der Waals surface area contributed by atoms with Gasteiger partial charge in [-0.1, -0.05) is 0 Å². The summed E-state index contributed by atoms with van der Waals surface area (Å²) in [5.41, 5.74) is 5.99. The number of hydrogen-bond acceptors (Lipinski definition) is 3. The van der Waals surface area contributed by atoms with Gasteiger partial charge >= 0.3 is 12.4 Å². The lowest BCUT2D eigenvalue weighted by molar-refractivity contribution is -0.274. The van der Waals surface area contributed by atoms with Crippen LogP contribution in [0.5, 0.6) is 5.75 Å². The molecular weight excluding hydrogens is 287 g/mol. The summed E-state index contributed by atoms with van der Waals surface area (Å²) in [6.07, 6.45) is -2.97. The lowest BCUT2D eigenvalue weighted by Crippen LogP contribution is -2.42. The van der Waals surface area contributed by atoms with Crippen LogP contribution in [-0.2, 0) is 0 Å². The molecule has 116 valence electrons. The summed E-state index contributed by atoms with van der Waals surface area (Å²) in [5, 5.41) is 2.63. The summed E-state index contributed by atoms with van der Waals surface area (Å²) in [7, 11) is 0. The quantitative estimate of drug-likeness (QED) is 0.901. The van der Waals surface area contributed by atoms with Crippen molar-refractivity contribution in [1.82, 2.24) is 4.90 Å². The molecule has 0 aromatic heterocycles. The number of rotatable bonds is 3. The number of anilines is 1. The number of likely N-dealkylation sites (tertiary alicyclic amines) is 1. The molecule has 1 aliphatic heterocycles. The predicted octanol–water partition coefficient (Wildman–Crippen LogP) is 2.54. The molecule has 1 aromatic rings. The molecule has 1 atom stereocenters. The van der Waals surface area contributed by atoms with Gasteiger partial charge in [-0.25, -0.2) is 4.79 Å². The molecule has 1 aromatic carbocycles. The molecule has 1 unspecified atom stereocenters. The Balaban J connectivity index is 1.95. The van der Waals surface area contributed by atoms with Crippen LogP contribution in [0.2, 0.25) is 0 Å². The lowest BCUT2D eigenvalue weighted by Gasteiger charge is -2.23. The molecule has 0 radical (unpaired) electrons. The Bertz CT molecular complexity index is 490. The highest BCUT2D eigenvalue weighted by atomic mass is 19.4. The highest BCUT2D eigenvalue weighted by molar-refractivity contribution is 5.89. The van der Waals surface area contributed by atoms with E-state index in [1.807, 2.05) is 0 Å². The van der Waals surface area contributed by atoms with Crippen molar-refractivity contribution in [2.24, 2.45) is 5.73 Å². The van der Waals surface area contributed by atoms with Crippen molar-refractivity contribution in [1.29, 1.82) is 0 Å². The number of carbonyl (C=O) groups excluding carboxylic acids is 1. The molecular formula is C13H16F3N3O2. The first-order valence-corrected chi connectivity index (χ1v) is 6.52. The molecule has 1 heterocycles. The van der Waals surface area contributed by atoms with E-state index in [0.29, 0.717) is 18.8 Å². The maximum atomic E-state index is 12.0. The third kappa shape index (κ3) is 4.25. The van der Waals surface area contributed by atoms with Crippen molar-refractivity contribution in [3.8, 4) is 5.75 Å². The van der Waals surface area contributed by atoms with Crippen LogP contribution in [0.4, 0.5) is 23.7 Å². The number of nitrogens with one attached hydrogen (secondary N) is 1. The Kier molecular flexibility index (Phi) is 4.56. The van der Waals surface area contributed by atoms with Gasteiger partial charge < -0.3 is 20.7 Å². The number of benzene rings is 1. The van der Waals surface area contributed by atoms with E-state index in [9.17, 15) is 18.0 Å². The molecule has 1 saturated heterocycles. The fourth-order valence-corrected chi connectivity index (χ4v) is 2.28. The van der Waals surface area contributed by atoms with Crippen LogP contribution in [0.15, 0.2) is 24.3 Å². The molecule has 0 spiro atoms. The fourth-order valence-electron chi connectivity index (χ4n) is 2.28. The standard InChI is InChI=1S/C13H16F3N3O2/c14-13(15,16)21-11-5-3-9(4-6-11)18-12(20)19-7-1-2-10(19)8-17/h3-6,10H,1-2,7-8,17H2,(H,18,20). The van der Waals surface area contributed by atoms with Gasteiger partial charge in [0.25, 0.3) is 0 Å². The highest BCUT2D eigenvalue weighted by Gasteiger charge is 2.31. The van der Waals surface area contributed by atoms with E-state index in [4.69, 9.17) is 5.73 Å². The van der Waals surface area contributed by atoms with E-state index in [2.05, 4.69) is 10.1 Å². The summed E-state index contributed by atoms with van der Waals surface area (Å²) in [4.78, 5) is 13.7. The number of urea groups is 1. The molecule has 2 amide bonds. The maximum Gasteiger partial charge on any atom is 0.573 e. The zero-order chi connectivity index (χ0) is 15.5. The van der Waals surface area contributed by atoms with Gasteiger partial charge in [-0.15, -0.1) is 13.2 Å². The van der Waals surface area contributed by atoms with Gasteiger partial charge in [0.2, 0.25) is 0 Å². The topological polar surface area (TPSA) is 67.6 Å². The average molecular weight is 303 g/mol. The van der Waals surface area contributed by atoms with E-state index in [1.54, 1.807) is 4.90 Å². The van der Waals surface area contributed by atoms with Crippen LogP contribution in [-0.4, -0.2) is 36.4 Å². The zero-order valence-electron chi connectivity index (χ0n) is 11.2. The number of ether oxygens (including phenoxy) is 1. The molecule has 21 heavy (non-hydrogen) atoms. The first-order chi connectivity index (χ1) is 9.89. The van der Waals surface area contributed by atoms with Crippen LogP contribution in [0.3, 0.4) is 0 Å². The normalized spacial score (nSPS) is 18.7. The van der Waals surface area contributed by atoms with Gasteiger partial charge in [-0.3, -0.25) is 0 Å². The second-order valence-corrected chi connectivity index (χ2v) is 4.73. The van der Waals surface area contributed by atoms with Gasteiger partial charge in [0.05, 0.1) is 0 Å². The molecule has 3 N–H and O–H groups in total. The molecule has 1 aliphatic rings.